The van der Waals surface area contributed by atoms with Crippen LogP contribution in [0.4, 0.5) is 0 Å². The average molecular weight is 524 g/mol. The number of benzene rings is 1. The van der Waals surface area contributed by atoms with Gasteiger partial charge in [-0.1, -0.05) is 167 Å². The SMILES string of the molecule is CCCCCCCCC1(CCCCCCCC)C2(CCNC2=O)C1(CCCCCCCC)c1ccccc1. The number of nitrogens with one attached hydrogen (secondary N) is 1. The topological polar surface area (TPSA) is 29.1 Å². The van der Waals surface area contributed by atoms with Crippen molar-refractivity contribution in [2.45, 2.75) is 167 Å². The molecule has 1 saturated heterocycles. The molecule has 3 rings (SSSR count). The monoisotopic (exact) mass is 523 g/mol. The van der Waals surface area contributed by atoms with E-state index in [0.717, 1.165) is 13.0 Å². The van der Waals surface area contributed by atoms with Gasteiger partial charge in [-0.3, -0.25) is 4.79 Å². The van der Waals surface area contributed by atoms with Gasteiger partial charge in [0.15, 0.2) is 0 Å². The molecule has 38 heavy (non-hydrogen) atoms. The van der Waals surface area contributed by atoms with Crippen molar-refractivity contribution in [2.75, 3.05) is 6.54 Å². The van der Waals surface area contributed by atoms with Crippen LogP contribution >= 0.6 is 0 Å². The Morgan fingerprint density at radius 2 is 1.05 bits per heavy atom. The van der Waals surface area contributed by atoms with Crippen molar-refractivity contribution in [3.63, 3.8) is 0 Å². The highest BCUT2D eigenvalue weighted by molar-refractivity contribution is 5.93. The number of hydrogen-bond acceptors (Lipinski definition) is 1. The summed E-state index contributed by atoms with van der Waals surface area (Å²) >= 11 is 0. The molecule has 0 radical (unpaired) electrons. The van der Waals surface area contributed by atoms with E-state index >= 15 is 0 Å². The van der Waals surface area contributed by atoms with Crippen molar-refractivity contribution in [1.82, 2.24) is 5.32 Å². The first-order chi connectivity index (χ1) is 18.7. The molecule has 2 heteroatoms. The van der Waals surface area contributed by atoms with E-state index in [-0.39, 0.29) is 16.2 Å². The van der Waals surface area contributed by atoms with Crippen molar-refractivity contribution in [3.8, 4) is 0 Å². The zero-order valence-corrected chi connectivity index (χ0v) is 25.6. The highest BCUT2D eigenvalue weighted by Crippen LogP contribution is 2.86. The lowest BCUT2D eigenvalue weighted by molar-refractivity contribution is -0.125. The van der Waals surface area contributed by atoms with Crippen LogP contribution in [0.5, 0.6) is 0 Å². The minimum Gasteiger partial charge on any atom is -0.356 e. The van der Waals surface area contributed by atoms with Gasteiger partial charge in [-0.15, -0.1) is 0 Å². The van der Waals surface area contributed by atoms with Crippen LogP contribution in [0.1, 0.15) is 168 Å². The minimum atomic E-state index is -0.183. The Hall–Kier alpha value is -1.31. The first kappa shape index (κ1) is 31.2. The summed E-state index contributed by atoms with van der Waals surface area (Å²) < 4.78 is 0. The van der Waals surface area contributed by atoms with Gasteiger partial charge in [0.2, 0.25) is 5.91 Å². The van der Waals surface area contributed by atoms with Crippen molar-refractivity contribution < 1.29 is 4.79 Å². The third kappa shape index (κ3) is 6.52. The Kier molecular flexibility index (Phi) is 13.2. The highest BCUT2D eigenvalue weighted by Gasteiger charge is 2.88. The summed E-state index contributed by atoms with van der Waals surface area (Å²) in [5, 5.41) is 3.37. The molecule has 1 N–H and O–H groups in total. The van der Waals surface area contributed by atoms with E-state index < -0.39 is 0 Å². The number of rotatable bonds is 22. The summed E-state index contributed by atoms with van der Waals surface area (Å²) in [4.78, 5) is 14.0. The maximum atomic E-state index is 14.0. The van der Waals surface area contributed by atoms with Crippen LogP contribution in [0.25, 0.3) is 0 Å². The fraction of sp³-hybridized carbons (Fsp3) is 0.806. The van der Waals surface area contributed by atoms with Gasteiger partial charge in [0, 0.05) is 12.0 Å². The summed E-state index contributed by atoms with van der Waals surface area (Å²) in [6.45, 7) is 7.78. The van der Waals surface area contributed by atoms with E-state index in [9.17, 15) is 4.79 Å². The summed E-state index contributed by atoms with van der Waals surface area (Å²) in [5.74, 6) is 0.393. The third-order valence-electron chi connectivity index (χ3n) is 10.6. The largest absolute Gasteiger partial charge is 0.356 e. The molecule has 1 aromatic carbocycles. The van der Waals surface area contributed by atoms with Gasteiger partial charge in [-0.25, -0.2) is 0 Å². The maximum absolute atomic E-state index is 14.0. The maximum Gasteiger partial charge on any atom is 0.227 e. The molecular formula is C36H61NO. The van der Waals surface area contributed by atoms with Crippen LogP contribution in [0.3, 0.4) is 0 Å². The Morgan fingerprint density at radius 3 is 1.50 bits per heavy atom. The quantitative estimate of drug-likeness (QED) is 0.150. The first-order valence-electron chi connectivity index (χ1n) is 17.0. The summed E-state index contributed by atoms with van der Waals surface area (Å²) in [7, 11) is 0. The summed E-state index contributed by atoms with van der Waals surface area (Å²) in [6.07, 6.45) is 28.7. The first-order valence-corrected chi connectivity index (χ1v) is 17.0. The van der Waals surface area contributed by atoms with E-state index in [1.54, 1.807) is 0 Å². The van der Waals surface area contributed by atoms with Gasteiger partial charge in [-0.05, 0) is 36.7 Å². The van der Waals surface area contributed by atoms with Gasteiger partial charge >= 0.3 is 0 Å². The van der Waals surface area contributed by atoms with Crippen LogP contribution in [0.2, 0.25) is 0 Å². The van der Waals surface area contributed by atoms with E-state index in [1.165, 1.54) is 140 Å². The van der Waals surface area contributed by atoms with Gasteiger partial charge in [0.05, 0.1) is 5.41 Å². The minimum absolute atomic E-state index is 0.0272. The van der Waals surface area contributed by atoms with Crippen LogP contribution in [-0.2, 0) is 10.2 Å². The predicted octanol–water partition coefficient (Wildman–Crippen LogP) is 10.7. The molecule has 216 valence electrons. The predicted molar refractivity (Wildman–Crippen MR) is 165 cm³/mol. The van der Waals surface area contributed by atoms with Gasteiger partial charge in [-0.2, -0.15) is 0 Å². The van der Waals surface area contributed by atoms with Crippen LogP contribution in [0, 0.1) is 10.8 Å². The molecule has 2 atom stereocenters. The third-order valence-corrected chi connectivity index (χ3v) is 10.6. The van der Waals surface area contributed by atoms with Gasteiger partial charge in [0.25, 0.3) is 0 Å². The Bertz CT molecular complexity index is 772. The smallest absolute Gasteiger partial charge is 0.227 e. The second-order valence-corrected chi connectivity index (χ2v) is 12.8. The highest BCUT2D eigenvalue weighted by atomic mass is 16.2. The number of amides is 1. The van der Waals surface area contributed by atoms with Crippen molar-refractivity contribution >= 4 is 5.91 Å². The number of hydrogen-bond donors (Lipinski definition) is 1. The van der Waals surface area contributed by atoms with E-state index in [1.807, 2.05) is 0 Å². The van der Waals surface area contributed by atoms with Crippen molar-refractivity contribution in [1.29, 1.82) is 0 Å². The fourth-order valence-electron chi connectivity index (χ4n) is 8.75. The molecule has 2 unspecified atom stereocenters. The molecule has 2 nitrogen and oxygen atoms in total. The lowest BCUT2D eigenvalue weighted by Gasteiger charge is -2.27. The molecule has 1 saturated carbocycles. The summed E-state index contributed by atoms with van der Waals surface area (Å²) in [6, 6.07) is 11.4. The molecule has 1 aliphatic carbocycles. The zero-order valence-electron chi connectivity index (χ0n) is 25.6. The van der Waals surface area contributed by atoms with Crippen molar-refractivity contribution in [2.24, 2.45) is 10.8 Å². The second-order valence-electron chi connectivity index (χ2n) is 12.8. The molecule has 1 aromatic rings. The number of carbonyl (C=O) groups is 1. The molecule has 2 aliphatic rings. The molecule has 1 spiro atoms. The average Bonchev–Trinajstić information content (AvgIpc) is 3.17. The van der Waals surface area contributed by atoms with Gasteiger partial charge < -0.3 is 5.32 Å². The fourth-order valence-corrected chi connectivity index (χ4v) is 8.75. The molecule has 1 heterocycles. The van der Waals surface area contributed by atoms with E-state index in [4.69, 9.17) is 0 Å². The van der Waals surface area contributed by atoms with Gasteiger partial charge in [0.1, 0.15) is 0 Å². The molecule has 0 bridgehead atoms. The van der Waals surface area contributed by atoms with Crippen LogP contribution < -0.4 is 5.32 Å². The van der Waals surface area contributed by atoms with Crippen LogP contribution in [-0.4, -0.2) is 12.5 Å². The molecule has 2 fully saturated rings. The standard InChI is InChI=1S/C36H61NO/c1-4-7-10-13-16-22-27-34(28-23-17-14-11-8-5-2)35(32-25-20-19-21-26-32,29-24-18-15-12-9-6-3)36(34)30-31-37-33(36)38/h19-21,25-26H,4-18,22-24,27-31H2,1-3H3,(H,37,38). The number of carbonyl (C=O) groups excluding carboxylic acids is 1. The normalized spacial score (nSPS) is 23.7. The van der Waals surface area contributed by atoms with Crippen molar-refractivity contribution in [3.05, 3.63) is 35.9 Å². The lowest BCUT2D eigenvalue weighted by Crippen LogP contribution is -2.28. The Morgan fingerprint density at radius 1 is 0.605 bits per heavy atom. The van der Waals surface area contributed by atoms with E-state index in [2.05, 4.69) is 56.4 Å². The molecule has 1 aliphatic heterocycles. The Balaban J connectivity index is 1.87. The second kappa shape index (κ2) is 16.1. The summed E-state index contributed by atoms with van der Waals surface area (Å²) in [5.41, 5.74) is 1.46. The molecule has 0 aromatic heterocycles. The van der Waals surface area contributed by atoms with E-state index in [0.29, 0.717) is 5.91 Å². The number of unbranched alkanes of at least 4 members (excludes halogenated alkanes) is 15. The zero-order chi connectivity index (χ0) is 27.2. The van der Waals surface area contributed by atoms with Crippen LogP contribution in [0.15, 0.2) is 30.3 Å². The molecular weight excluding hydrogens is 462 g/mol. The lowest BCUT2D eigenvalue weighted by atomic mass is 9.77. The molecule has 1 amide bonds. The Labute approximate surface area is 236 Å².